The lowest BCUT2D eigenvalue weighted by Gasteiger charge is -2.13. The Balaban J connectivity index is 1.81. The van der Waals surface area contributed by atoms with E-state index in [2.05, 4.69) is 30.4 Å². The first-order valence-electron chi connectivity index (χ1n) is 7.44. The van der Waals surface area contributed by atoms with Gasteiger partial charge in [-0.15, -0.1) is 0 Å². The van der Waals surface area contributed by atoms with E-state index >= 15 is 0 Å². The Labute approximate surface area is 132 Å². The molecule has 0 radical (unpaired) electrons. The Kier molecular flexibility index (Phi) is 6.19. The van der Waals surface area contributed by atoms with Crippen LogP contribution in [0.1, 0.15) is 24.2 Å². The molecule has 3 nitrogen and oxygen atoms in total. The molecule has 0 heterocycles. The SMILES string of the molecule is COc1ccc(C(O)CNCC(C)=Cc2ccccc2)cc1. The Morgan fingerprint density at radius 3 is 2.45 bits per heavy atom. The van der Waals surface area contributed by atoms with Crippen LogP contribution in [-0.2, 0) is 0 Å². The van der Waals surface area contributed by atoms with Crippen LogP contribution in [-0.4, -0.2) is 25.3 Å². The number of aliphatic hydroxyl groups excluding tert-OH is 1. The lowest BCUT2D eigenvalue weighted by molar-refractivity contribution is 0.176. The van der Waals surface area contributed by atoms with Gasteiger partial charge < -0.3 is 15.2 Å². The summed E-state index contributed by atoms with van der Waals surface area (Å²) in [5.74, 6) is 0.797. The molecule has 0 spiro atoms. The molecule has 0 aliphatic rings. The molecule has 2 rings (SSSR count). The van der Waals surface area contributed by atoms with E-state index in [4.69, 9.17) is 4.74 Å². The summed E-state index contributed by atoms with van der Waals surface area (Å²) in [6.07, 6.45) is 1.63. The van der Waals surface area contributed by atoms with Gasteiger partial charge in [-0.25, -0.2) is 0 Å². The first-order valence-corrected chi connectivity index (χ1v) is 7.44. The molecule has 0 saturated heterocycles. The Morgan fingerprint density at radius 1 is 1.14 bits per heavy atom. The standard InChI is InChI=1S/C19H23NO2/c1-15(12-16-6-4-3-5-7-16)13-20-14-19(21)17-8-10-18(22-2)11-9-17/h3-12,19-21H,13-14H2,1-2H3. The van der Waals surface area contributed by atoms with Gasteiger partial charge in [0.2, 0.25) is 0 Å². The van der Waals surface area contributed by atoms with Crippen LogP contribution in [0.4, 0.5) is 0 Å². The van der Waals surface area contributed by atoms with Crippen molar-refractivity contribution in [1.82, 2.24) is 5.32 Å². The lowest BCUT2D eigenvalue weighted by Crippen LogP contribution is -2.23. The molecule has 0 bridgehead atoms. The van der Waals surface area contributed by atoms with Crippen molar-refractivity contribution in [2.45, 2.75) is 13.0 Å². The number of hydrogen-bond donors (Lipinski definition) is 2. The monoisotopic (exact) mass is 297 g/mol. The Hall–Kier alpha value is -2.10. The maximum Gasteiger partial charge on any atom is 0.118 e. The van der Waals surface area contributed by atoms with E-state index in [1.54, 1.807) is 7.11 Å². The molecule has 1 unspecified atom stereocenters. The van der Waals surface area contributed by atoms with Crippen LogP contribution in [0.2, 0.25) is 0 Å². The first kappa shape index (κ1) is 16.3. The predicted molar refractivity (Wildman–Crippen MR) is 90.9 cm³/mol. The van der Waals surface area contributed by atoms with Gasteiger partial charge in [0, 0.05) is 13.1 Å². The highest BCUT2D eigenvalue weighted by Crippen LogP contribution is 2.17. The minimum atomic E-state index is -0.518. The summed E-state index contributed by atoms with van der Waals surface area (Å²) in [6, 6.07) is 17.7. The third-order valence-electron chi connectivity index (χ3n) is 3.45. The van der Waals surface area contributed by atoms with Crippen molar-refractivity contribution in [3.8, 4) is 5.75 Å². The number of aliphatic hydroxyl groups is 1. The van der Waals surface area contributed by atoms with Gasteiger partial charge in [0.05, 0.1) is 13.2 Å². The maximum absolute atomic E-state index is 10.2. The highest BCUT2D eigenvalue weighted by molar-refractivity contribution is 5.52. The highest BCUT2D eigenvalue weighted by atomic mass is 16.5. The van der Waals surface area contributed by atoms with Crippen molar-refractivity contribution < 1.29 is 9.84 Å². The smallest absolute Gasteiger partial charge is 0.118 e. The Morgan fingerprint density at radius 2 is 1.82 bits per heavy atom. The molecule has 116 valence electrons. The van der Waals surface area contributed by atoms with Crippen LogP contribution in [0, 0.1) is 0 Å². The maximum atomic E-state index is 10.2. The number of benzene rings is 2. The minimum Gasteiger partial charge on any atom is -0.497 e. The van der Waals surface area contributed by atoms with Gasteiger partial charge in [-0.3, -0.25) is 0 Å². The first-order chi connectivity index (χ1) is 10.7. The van der Waals surface area contributed by atoms with E-state index in [-0.39, 0.29) is 0 Å². The molecule has 0 aliphatic carbocycles. The molecule has 22 heavy (non-hydrogen) atoms. The molecular formula is C19H23NO2. The molecule has 0 amide bonds. The van der Waals surface area contributed by atoms with Gasteiger partial charge in [-0.05, 0) is 30.2 Å². The second kappa shape index (κ2) is 8.37. The summed E-state index contributed by atoms with van der Waals surface area (Å²) < 4.78 is 5.11. The molecule has 0 fully saturated rings. The molecule has 0 saturated carbocycles. The summed E-state index contributed by atoms with van der Waals surface area (Å²) in [5, 5.41) is 13.4. The molecule has 3 heteroatoms. The van der Waals surface area contributed by atoms with Gasteiger partial charge in [0.1, 0.15) is 5.75 Å². The number of ether oxygens (including phenoxy) is 1. The summed E-state index contributed by atoms with van der Waals surface area (Å²) in [7, 11) is 1.63. The van der Waals surface area contributed by atoms with Gasteiger partial charge in [-0.2, -0.15) is 0 Å². The zero-order valence-corrected chi connectivity index (χ0v) is 13.1. The van der Waals surface area contributed by atoms with Crippen molar-refractivity contribution in [2.75, 3.05) is 20.2 Å². The van der Waals surface area contributed by atoms with Gasteiger partial charge >= 0.3 is 0 Å². The van der Waals surface area contributed by atoms with E-state index in [0.29, 0.717) is 6.54 Å². The average Bonchev–Trinajstić information content (AvgIpc) is 2.55. The quantitative estimate of drug-likeness (QED) is 0.823. The van der Waals surface area contributed by atoms with Gasteiger partial charge in [-0.1, -0.05) is 54.1 Å². The van der Waals surface area contributed by atoms with Gasteiger partial charge in [0.15, 0.2) is 0 Å². The molecule has 0 aliphatic heterocycles. The van der Waals surface area contributed by atoms with Crippen LogP contribution in [0.25, 0.3) is 6.08 Å². The highest BCUT2D eigenvalue weighted by Gasteiger charge is 2.06. The zero-order chi connectivity index (χ0) is 15.8. The van der Waals surface area contributed by atoms with Crippen molar-refractivity contribution in [3.63, 3.8) is 0 Å². The number of methoxy groups -OCH3 is 1. The molecule has 2 aromatic rings. The molecule has 2 N–H and O–H groups in total. The summed E-state index contributed by atoms with van der Waals surface area (Å²) in [5.41, 5.74) is 3.31. The van der Waals surface area contributed by atoms with E-state index in [1.165, 1.54) is 11.1 Å². The summed E-state index contributed by atoms with van der Waals surface area (Å²) in [6.45, 7) is 3.36. The van der Waals surface area contributed by atoms with Crippen LogP contribution in [0.15, 0.2) is 60.2 Å². The van der Waals surface area contributed by atoms with Crippen LogP contribution >= 0.6 is 0 Å². The van der Waals surface area contributed by atoms with E-state index in [9.17, 15) is 5.11 Å². The number of hydrogen-bond acceptors (Lipinski definition) is 3. The topological polar surface area (TPSA) is 41.5 Å². The van der Waals surface area contributed by atoms with Crippen molar-refractivity contribution in [3.05, 3.63) is 71.3 Å². The minimum absolute atomic E-state index is 0.518. The third-order valence-corrected chi connectivity index (χ3v) is 3.45. The van der Waals surface area contributed by atoms with Crippen molar-refractivity contribution >= 4 is 6.08 Å². The zero-order valence-electron chi connectivity index (χ0n) is 13.1. The fraction of sp³-hybridized carbons (Fsp3) is 0.263. The van der Waals surface area contributed by atoms with E-state index in [1.807, 2.05) is 42.5 Å². The van der Waals surface area contributed by atoms with Crippen molar-refractivity contribution in [2.24, 2.45) is 0 Å². The summed E-state index contributed by atoms with van der Waals surface area (Å²) >= 11 is 0. The molecule has 1 atom stereocenters. The summed E-state index contributed by atoms with van der Waals surface area (Å²) in [4.78, 5) is 0. The number of rotatable bonds is 7. The largest absolute Gasteiger partial charge is 0.497 e. The second-order valence-corrected chi connectivity index (χ2v) is 5.32. The lowest BCUT2D eigenvalue weighted by atomic mass is 10.1. The molecular weight excluding hydrogens is 274 g/mol. The van der Waals surface area contributed by atoms with Crippen LogP contribution in [0.5, 0.6) is 5.75 Å². The van der Waals surface area contributed by atoms with E-state index in [0.717, 1.165) is 17.9 Å². The normalized spacial score (nSPS) is 13.0. The molecule has 0 aromatic heterocycles. The average molecular weight is 297 g/mol. The fourth-order valence-electron chi connectivity index (χ4n) is 2.23. The fourth-order valence-corrected chi connectivity index (χ4v) is 2.23. The van der Waals surface area contributed by atoms with Crippen LogP contribution < -0.4 is 10.1 Å². The third kappa shape index (κ3) is 5.02. The van der Waals surface area contributed by atoms with Crippen molar-refractivity contribution in [1.29, 1.82) is 0 Å². The predicted octanol–water partition coefficient (Wildman–Crippen LogP) is 3.42. The molecule has 2 aromatic carbocycles. The van der Waals surface area contributed by atoms with E-state index < -0.39 is 6.10 Å². The Bertz CT molecular complexity index is 591. The van der Waals surface area contributed by atoms with Gasteiger partial charge in [0.25, 0.3) is 0 Å². The van der Waals surface area contributed by atoms with Crippen LogP contribution in [0.3, 0.4) is 0 Å². The second-order valence-electron chi connectivity index (χ2n) is 5.32. The number of nitrogens with one attached hydrogen (secondary N) is 1.